The van der Waals surface area contributed by atoms with Crippen molar-refractivity contribution in [3.63, 3.8) is 0 Å². The average Bonchev–Trinajstić information content (AvgIpc) is 3.31. The molecule has 0 saturated carbocycles. The Labute approximate surface area is 253 Å². The van der Waals surface area contributed by atoms with Crippen molar-refractivity contribution in [2.24, 2.45) is 11.3 Å². The fourth-order valence-electron chi connectivity index (χ4n) is 5.52. The van der Waals surface area contributed by atoms with Crippen LogP contribution in [-0.2, 0) is 16.1 Å². The van der Waals surface area contributed by atoms with Gasteiger partial charge in [0.15, 0.2) is 0 Å². The molecule has 0 bridgehead atoms. The van der Waals surface area contributed by atoms with E-state index >= 15 is 0 Å². The molecular formula is C31H43ClN6O4. The number of likely N-dealkylation sites (tertiary alicyclic amines) is 1. The highest BCUT2D eigenvalue weighted by Crippen LogP contribution is 2.35. The Hall–Kier alpha value is -3.37. The third kappa shape index (κ3) is 8.35. The van der Waals surface area contributed by atoms with Crippen molar-refractivity contribution >= 4 is 35.0 Å². The number of piperidine rings is 1. The van der Waals surface area contributed by atoms with E-state index in [0.29, 0.717) is 42.5 Å². The number of aromatic nitrogens is 2. The molecule has 1 aromatic heterocycles. The number of rotatable bonds is 6. The fourth-order valence-corrected chi connectivity index (χ4v) is 5.69. The maximum Gasteiger partial charge on any atom is 0.255 e. The summed E-state index contributed by atoms with van der Waals surface area (Å²) in [5.74, 6) is -0.0447. The lowest BCUT2D eigenvalue weighted by Gasteiger charge is -2.41. The van der Waals surface area contributed by atoms with E-state index < -0.39 is 11.9 Å². The van der Waals surface area contributed by atoms with Crippen LogP contribution in [0.5, 0.6) is 5.75 Å². The first-order valence-electron chi connectivity index (χ1n) is 14.8. The minimum Gasteiger partial charge on any atom is -0.489 e. The van der Waals surface area contributed by atoms with Crippen LogP contribution in [0.2, 0.25) is 5.02 Å². The minimum atomic E-state index is -0.691. The maximum atomic E-state index is 13.4. The summed E-state index contributed by atoms with van der Waals surface area (Å²) >= 11 is 6.18. The van der Waals surface area contributed by atoms with Crippen LogP contribution < -0.4 is 20.7 Å². The molecule has 3 heterocycles. The van der Waals surface area contributed by atoms with Gasteiger partial charge in [0.1, 0.15) is 18.4 Å². The molecule has 4 rings (SSSR count). The van der Waals surface area contributed by atoms with Crippen LogP contribution in [0.15, 0.2) is 36.5 Å². The third-order valence-electron chi connectivity index (χ3n) is 8.03. The van der Waals surface area contributed by atoms with Gasteiger partial charge < -0.3 is 20.7 Å². The summed E-state index contributed by atoms with van der Waals surface area (Å²) in [7, 11) is 0. The van der Waals surface area contributed by atoms with Gasteiger partial charge in [-0.1, -0.05) is 37.6 Å². The van der Waals surface area contributed by atoms with Crippen LogP contribution in [0.3, 0.4) is 0 Å². The quantitative estimate of drug-likeness (QED) is 0.429. The number of aryl methyl sites for hydroxylation is 2. The van der Waals surface area contributed by atoms with Crippen LogP contribution in [0.4, 0.5) is 5.69 Å². The summed E-state index contributed by atoms with van der Waals surface area (Å²) in [4.78, 5) is 41.6. The van der Waals surface area contributed by atoms with E-state index in [1.165, 1.54) is 0 Å². The maximum absolute atomic E-state index is 13.4. The molecule has 0 radical (unpaired) electrons. The van der Waals surface area contributed by atoms with Crippen molar-refractivity contribution in [3.05, 3.63) is 52.8 Å². The van der Waals surface area contributed by atoms with E-state index in [4.69, 9.17) is 16.3 Å². The molecule has 2 aliphatic rings. The zero-order chi connectivity index (χ0) is 30.3. The highest BCUT2D eigenvalue weighted by atomic mass is 35.5. The fraction of sp³-hybridized carbons (Fsp3) is 0.548. The number of anilines is 1. The molecule has 1 spiro atoms. The number of carbonyl (C=O) groups is 3. The van der Waals surface area contributed by atoms with Crippen molar-refractivity contribution in [3.8, 4) is 5.75 Å². The van der Waals surface area contributed by atoms with E-state index in [1.54, 1.807) is 22.9 Å². The van der Waals surface area contributed by atoms with Gasteiger partial charge in [0.05, 0.1) is 23.5 Å². The molecule has 42 heavy (non-hydrogen) atoms. The van der Waals surface area contributed by atoms with Gasteiger partial charge in [-0.05, 0) is 82.2 Å². The summed E-state index contributed by atoms with van der Waals surface area (Å²) in [6.07, 6.45) is 8.81. The van der Waals surface area contributed by atoms with Crippen LogP contribution in [0, 0.1) is 18.3 Å². The van der Waals surface area contributed by atoms with Crippen LogP contribution in [0.25, 0.3) is 0 Å². The lowest BCUT2D eigenvalue weighted by molar-refractivity contribution is -0.124. The Balaban J connectivity index is 1.44. The molecule has 11 heteroatoms. The Morgan fingerprint density at radius 2 is 2.00 bits per heavy atom. The van der Waals surface area contributed by atoms with Crippen molar-refractivity contribution in [2.75, 3.05) is 38.1 Å². The first-order chi connectivity index (χ1) is 20.1. The second-order valence-electron chi connectivity index (χ2n) is 11.8. The second kappa shape index (κ2) is 14.2. The van der Waals surface area contributed by atoms with Crippen LogP contribution >= 0.6 is 11.6 Å². The summed E-state index contributed by atoms with van der Waals surface area (Å²) < 4.78 is 7.74. The molecule has 0 aliphatic carbocycles. The minimum absolute atomic E-state index is 0.0603. The average molecular weight is 599 g/mol. The molecule has 1 saturated heterocycles. The SMILES string of the molecule is CCn1cc(NC(=O)CN2CCC3(C/C=C/COc4ccc(Cl)cc4C(=O)N[C@@H](CC(C)C)C(=O)NC3)CC2)c(C)n1. The van der Waals surface area contributed by atoms with Gasteiger partial charge in [-0.3, -0.25) is 24.0 Å². The number of nitrogens with zero attached hydrogens (tertiary/aromatic N) is 3. The summed E-state index contributed by atoms with van der Waals surface area (Å²) in [5, 5.41) is 13.9. The molecule has 3 N–H and O–H groups in total. The highest BCUT2D eigenvalue weighted by molar-refractivity contribution is 6.31. The molecule has 2 aromatic rings. The standard InChI is InChI=1S/C31H43ClN6O4/c1-5-38-18-26(22(4)36-38)34-28(39)19-37-13-11-31(12-14-37)10-6-7-15-42-27-9-8-23(32)17-24(27)29(40)35-25(16-21(2)3)30(41)33-20-31/h6-9,17-18,21,25H,5,10-16,19-20H2,1-4H3,(H,33,41)(H,34,39)(H,35,40)/b7-6+/t25-/m0/s1. The first kappa shape index (κ1) is 31.6. The molecular weight excluding hydrogens is 556 g/mol. The van der Waals surface area contributed by atoms with Gasteiger partial charge >= 0.3 is 0 Å². The van der Waals surface area contributed by atoms with Gasteiger partial charge in [-0.15, -0.1) is 0 Å². The highest BCUT2D eigenvalue weighted by Gasteiger charge is 2.35. The van der Waals surface area contributed by atoms with E-state index in [9.17, 15) is 14.4 Å². The number of amides is 3. The third-order valence-corrected chi connectivity index (χ3v) is 8.27. The number of ether oxygens (including phenoxy) is 1. The lowest BCUT2D eigenvalue weighted by atomic mass is 9.75. The molecule has 1 atom stereocenters. The normalized spacial score (nSPS) is 20.7. The predicted octanol–water partition coefficient (Wildman–Crippen LogP) is 4.19. The Morgan fingerprint density at radius 3 is 2.69 bits per heavy atom. The number of hydrogen-bond acceptors (Lipinski definition) is 6. The number of hydrogen-bond donors (Lipinski definition) is 3. The second-order valence-corrected chi connectivity index (χ2v) is 12.2. The molecule has 2 aliphatic heterocycles. The molecule has 3 amide bonds. The molecule has 10 nitrogen and oxygen atoms in total. The van der Waals surface area contributed by atoms with E-state index in [2.05, 4.69) is 32.0 Å². The van der Waals surface area contributed by atoms with E-state index in [1.807, 2.05) is 40.0 Å². The molecule has 1 aromatic carbocycles. The number of fused-ring (bicyclic) bond motifs is 1. The molecule has 0 unspecified atom stereocenters. The van der Waals surface area contributed by atoms with Crippen molar-refractivity contribution in [2.45, 2.75) is 66.0 Å². The predicted molar refractivity (Wildman–Crippen MR) is 164 cm³/mol. The first-order valence-corrected chi connectivity index (χ1v) is 15.2. The van der Waals surface area contributed by atoms with E-state index in [-0.39, 0.29) is 23.1 Å². The van der Waals surface area contributed by atoms with Gasteiger partial charge in [0.2, 0.25) is 11.8 Å². The number of halogens is 1. The summed E-state index contributed by atoms with van der Waals surface area (Å²) in [6, 6.07) is 4.23. The van der Waals surface area contributed by atoms with Crippen molar-refractivity contribution in [1.29, 1.82) is 0 Å². The smallest absolute Gasteiger partial charge is 0.255 e. The topological polar surface area (TPSA) is 118 Å². The zero-order valence-corrected chi connectivity index (χ0v) is 25.8. The molecule has 228 valence electrons. The summed E-state index contributed by atoms with van der Waals surface area (Å²) in [5.41, 5.74) is 1.68. The number of allylic oxidation sites excluding steroid dienone is 1. The molecule has 1 fully saturated rings. The van der Waals surface area contributed by atoms with Crippen molar-refractivity contribution < 1.29 is 19.1 Å². The zero-order valence-electron chi connectivity index (χ0n) is 25.0. The van der Waals surface area contributed by atoms with Gasteiger partial charge in [-0.2, -0.15) is 5.10 Å². The van der Waals surface area contributed by atoms with Crippen LogP contribution in [0.1, 0.15) is 62.5 Å². The van der Waals surface area contributed by atoms with Crippen molar-refractivity contribution in [1.82, 2.24) is 25.3 Å². The van der Waals surface area contributed by atoms with E-state index in [0.717, 1.165) is 50.3 Å². The summed E-state index contributed by atoms with van der Waals surface area (Å²) in [6.45, 7) is 11.2. The van der Waals surface area contributed by atoms with Gasteiger partial charge in [-0.25, -0.2) is 0 Å². The largest absolute Gasteiger partial charge is 0.489 e. The van der Waals surface area contributed by atoms with Gasteiger partial charge in [0.25, 0.3) is 5.91 Å². The van der Waals surface area contributed by atoms with Gasteiger partial charge in [0, 0.05) is 24.3 Å². The Bertz CT molecular complexity index is 1300. The number of nitrogens with one attached hydrogen (secondary N) is 3. The number of benzene rings is 1. The number of carbonyl (C=O) groups excluding carboxylic acids is 3. The Morgan fingerprint density at radius 1 is 1.24 bits per heavy atom. The lowest BCUT2D eigenvalue weighted by Crippen LogP contribution is -2.52. The van der Waals surface area contributed by atoms with Crippen LogP contribution in [-0.4, -0.2) is 71.2 Å². The monoisotopic (exact) mass is 598 g/mol. The Kier molecular flexibility index (Phi) is 10.7.